The summed E-state index contributed by atoms with van der Waals surface area (Å²) in [7, 11) is -4.26. The number of halogens is 6. The Kier molecular flexibility index (Phi) is 10.7. The van der Waals surface area contributed by atoms with Gasteiger partial charge in [0, 0.05) is 28.2 Å². The molecule has 0 aliphatic rings. The number of hydrogen-bond donors (Lipinski definition) is 1. The number of anilines is 1. The van der Waals surface area contributed by atoms with Gasteiger partial charge in [-0.2, -0.15) is 13.2 Å². The first-order chi connectivity index (χ1) is 17.5. The summed E-state index contributed by atoms with van der Waals surface area (Å²) in [6.45, 7) is 3.90. The largest absolute Gasteiger partial charge is 0.417 e. The van der Waals surface area contributed by atoms with Gasteiger partial charge in [0.05, 0.1) is 22.5 Å². The van der Waals surface area contributed by atoms with E-state index in [-0.39, 0.29) is 22.6 Å². The SMILES string of the molecule is CC[C@@H](C)NC(=O)[C@H](C)N(Cc1c(Cl)cccc1Cl)C(=O)CN(c1ccc(Cl)c(C(F)(F)F)c1)S(C)(=O)=O. The van der Waals surface area contributed by atoms with Crippen LogP contribution in [0.15, 0.2) is 36.4 Å². The topological polar surface area (TPSA) is 86.8 Å². The molecule has 2 rings (SSSR count). The third-order valence-corrected chi connectivity index (χ3v) is 7.96. The van der Waals surface area contributed by atoms with Crippen molar-refractivity contribution in [2.75, 3.05) is 17.1 Å². The third-order valence-electron chi connectivity index (χ3n) is 5.78. The number of alkyl halides is 3. The van der Waals surface area contributed by atoms with Crippen LogP contribution in [0.5, 0.6) is 0 Å². The highest BCUT2D eigenvalue weighted by atomic mass is 35.5. The van der Waals surface area contributed by atoms with E-state index in [2.05, 4.69) is 5.32 Å². The second-order valence-electron chi connectivity index (χ2n) is 8.65. The number of carbonyl (C=O) groups is 2. The summed E-state index contributed by atoms with van der Waals surface area (Å²) in [5.74, 6) is -1.39. The molecule has 0 fully saturated rings. The minimum Gasteiger partial charge on any atom is -0.352 e. The van der Waals surface area contributed by atoms with Crippen molar-refractivity contribution in [2.45, 2.75) is 52.0 Å². The molecule has 38 heavy (non-hydrogen) atoms. The quantitative estimate of drug-likeness (QED) is 0.368. The van der Waals surface area contributed by atoms with E-state index < -0.39 is 56.9 Å². The Bertz CT molecular complexity index is 1270. The maximum absolute atomic E-state index is 13.6. The summed E-state index contributed by atoms with van der Waals surface area (Å²) >= 11 is 18.2. The number of nitrogens with zero attached hydrogens (tertiary/aromatic N) is 2. The van der Waals surface area contributed by atoms with Crippen molar-refractivity contribution in [1.82, 2.24) is 10.2 Å². The molecule has 0 aliphatic carbocycles. The lowest BCUT2D eigenvalue weighted by Crippen LogP contribution is -2.52. The van der Waals surface area contributed by atoms with Crippen LogP contribution in [-0.4, -0.2) is 50.0 Å². The van der Waals surface area contributed by atoms with Gasteiger partial charge < -0.3 is 10.2 Å². The highest BCUT2D eigenvalue weighted by Crippen LogP contribution is 2.37. The van der Waals surface area contributed by atoms with E-state index in [0.29, 0.717) is 22.4 Å². The number of rotatable bonds is 10. The number of nitrogens with one attached hydrogen (secondary N) is 1. The fraction of sp³-hybridized carbons (Fsp3) is 0.417. The molecule has 0 aliphatic heterocycles. The Labute approximate surface area is 234 Å². The molecule has 210 valence electrons. The standard InChI is InChI=1S/C24H27Cl3F3N3O4S/c1-5-14(2)31-23(35)15(3)32(12-17-19(25)7-6-8-20(17)26)22(34)13-33(38(4,36)37)16-9-10-21(27)18(11-16)24(28,29)30/h6-11,14-15H,5,12-13H2,1-4H3,(H,31,35)/t14-,15+/m1/s1. The molecule has 0 radical (unpaired) electrons. The van der Waals surface area contributed by atoms with Crippen LogP contribution in [0.3, 0.4) is 0 Å². The molecule has 0 spiro atoms. The fourth-order valence-electron chi connectivity index (χ4n) is 3.40. The van der Waals surface area contributed by atoms with Crippen LogP contribution in [0.4, 0.5) is 18.9 Å². The zero-order valence-electron chi connectivity index (χ0n) is 20.9. The first-order valence-corrected chi connectivity index (χ1v) is 14.3. The van der Waals surface area contributed by atoms with E-state index in [0.717, 1.165) is 23.3 Å². The minimum atomic E-state index is -4.87. The van der Waals surface area contributed by atoms with Crippen LogP contribution < -0.4 is 9.62 Å². The summed E-state index contributed by atoms with van der Waals surface area (Å²) in [5.41, 5.74) is -1.38. The molecule has 0 saturated carbocycles. The summed E-state index contributed by atoms with van der Waals surface area (Å²) in [5, 5.41) is 2.53. The number of hydrogen-bond acceptors (Lipinski definition) is 4. The molecule has 2 atom stereocenters. The Morgan fingerprint density at radius 1 is 1.03 bits per heavy atom. The van der Waals surface area contributed by atoms with Gasteiger partial charge in [-0.25, -0.2) is 8.42 Å². The first kappa shape index (κ1) is 32.0. The second kappa shape index (κ2) is 12.8. The molecule has 2 amide bonds. The lowest BCUT2D eigenvalue weighted by atomic mass is 10.1. The molecule has 0 saturated heterocycles. The molecule has 0 aromatic heterocycles. The van der Waals surface area contributed by atoms with Gasteiger partial charge in [0.25, 0.3) is 0 Å². The molecular formula is C24H27Cl3F3N3O4S. The summed E-state index contributed by atoms with van der Waals surface area (Å²) in [4.78, 5) is 27.5. The van der Waals surface area contributed by atoms with Gasteiger partial charge in [-0.15, -0.1) is 0 Å². The maximum Gasteiger partial charge on any atom is 0.417 e. The monoisotopic (exact) mass is 615 g/mol. The van der Waals surface area contributed by atoms with Crippen LogP contribution in [0.2, 0.25) is 15.1 Å². The normalized spacial score (nSPS) is 13.5. The molecule has 0 bridgehead atoms. The van der Waals surface area contributed by atoms with Crippen molar-refractivity contribution in [1.29, 1.82) is 0 Å². The fourth-order valence-corrected chi connectivity index (χ4v) is 4.98. The second-order valence-corrected chi connectivity index (χ2v) is 11.8. The highest BCUT2D eigenvalue weighted by molar-refractivity contribution is 7.92. The van der Waals surface area contributed by atoms with Gasteiger partial charge in [-0.3, -0.25) is 13.9 Å². The maximum atomic E-state index is 13.6. The van der Waals surface area contributed by atoms with Gasteiger partial charge in [0.2, 0.25) is 21.8 Å². The van der Waals surface area contributed by atoms with Crippen LogP contribution >= 0.6 is 34.8 Å². The van der Waals surface area contributed by atoms with Crippen LogP contribution in [0.1, 0.15) is 38.3 Å². The smallest absolute Gasteiger partial charge is 0.352 e. The van der Waals surface area contributed by atoms with E-state index in [4.69, 9.17) is 34.8 Å². The highest BCUT2D eigenvalue weighted by Gasteiger charge is 2.36. The first-order valence-electron chi connectivity index (χ1n) is 11.3. The van der Waals surface area contributed by atoms with Crippen molar-refractivity contribution in [3.63, 3.8) is 0 Å². The predicted molar refractivity (Wildman–Crippen MR) is 143 cm³/mol. The van der Waals surface area contributed by atoms with Crippen molar-refractivity contribution in [3.8, 4) is 0 Å². The van der Waals surface area contributed by atoms with Crippen LogP contribution in [-0.2, 0) is 32.3 Å². The van der Waals surface area contributed by atoms with Crippen LogP contribution in [0.25, 0.3) is 0 Å². The molecule has 2 aromatic carbocycles. The molecule has 14 heteroatoms. The van der Waals surface area contributed by atoms with Crippen molar-refractivity contribution >= 4 is 62.3 Å². The van der Waals surface area contributed by atoms with Crippen molar-refractivity contribution in [3.05, 3.63) is 62.6 Å². The lowest BCUT2D eigenvalue weighted by molar-refractivity contribution is -0.139. The molecule has 7 nitrogen and oxygen atoms in total. The molecule has 0 unspecified atom stereocenters. The summed E-state index contributed by atoms with van der Waals surface area (Å²) in [6, 6.07) is 5.82. The molecule has 0 heterocycles. The minimum absolute atomic E-state index is 0.206. The van der Waals surface area contributed by atoms with E-state index in [9.17, 15) is 31.2 Å². The summed E-state index contributed by atoms with van der Waals surface area (Å²) < 4.78 is 66.0. The number of benzene rings is 2. The number of amides is 2. The Morgan fingerprint density at radius 2 is 1.61 bits per heavy atom. The van der Waals surface area contributed by atoms with E-state index in [1.54, 1.807) is 13.0 Å². The van der Waals surface area contributed by atoms with Crippen LogP contribution in [0, 0.1) is 0 Å². The van der Waals surface area contributed by atoms with Gasteiger partial charge in [-0.05, 0) is 50.6 Å². The third kappa shape index (κ3) is 8.14. The average Bonchev–Trinajstić information content (AvgIpc) is 2.80. The summed E-state index contributed by atoms with van der Waals surface area (Å²) in [6.07, 6.45) is -3.51. The van der Waals surface area contributed by atoms with E-state index in [1.807, 2.05) is 6.92 Å². The van der Waals surface area contributed by atoms with E-state index >= 15 is 0 Å². The van der Waals surface area contributed by atoms with Gasteiger partial charge in [0.1, 0.15) is 12.6 Å². The number of sulfonamides is 1. The molecular weight excluding hydrogens is 590 g/mol. The van der Waals surface area contributed by atoms with Gasteiger partial charge >= 0.3 is 6.18 Å². The van der Waals surface area contributed by atoms with Crippen molar-refractivity contribution < 1.29 is 31.2 Å². The molecule has 2 aromatic rings. The Hall–Kier alpha value is -2.21. The van der Waals surface area contributed by atoms with E-state index in [1.165, 1.54) is 19.1 Å². The molecule has 1 N–H and O–H groups in total. The predicted octanol–water partition coefficient (Wildman–Crippen LogP) is 5.76. The zero-order valence-corrected chi connectivity index (χ0v) is 24.0. The Balaban J connectivity index is 2.53. The van der Waals surface area contributed by atoms with Gasteiger partial charge in [-0.1, -0.05) is 47.8 Å². The van der Waals surface area contributed by atoms with Crippen molar-refractivity contribution in [2.24, 2.45) is 0 Å². The lowest BCUT2D eigenvalue weighted by Gasteiger charge is -2.32. The number of carbonyl (C=O) groups excluding carboxylic acids is 2. The average molecular weight is 617 g/mol. The van der Waals surface area contributed by atoms with Gasteiger partial charge in [0.15, 0.2) is 0 Å². The zero-order chi connectivity index (χ0) is 29.0. The Morgan fingerprint density at radius 3 is 2.11 bits per heavy atom.